The Kier molecular flexibility index (Phi) is 4.62. The topological polar surface area (TPSA) is 29.5 Å². The lowest BCUT2D eigenvalue weighted by Gasteiger charge is -2.08. The smallest absolute Gasteiger partial charge is 0.146 e. The van der Waals surface area contributed by atoms with Crippen molar-refractivity contribution >= 4 is 0 Å². The number of aliphatic hydroxyl groups excluding tert-OH is 1. The van der Waals surface area contributed by atoms with E-state index in [-0.39, 0.29) is 12.7 Å². The normalized spacial score (nSPS) is 14.3. The molecule has 9 heavy (non-hydrogen) atoms. The van der Waals surface area contributed by atoms with Crippen LogP contribution in [0.2, 0.25) is 0 Å². The maximum atomic E-state index is 12.1. The van der Waals surface area contributed by atoms with Crippen LogP contribution in [0.3, 0.4) is 0 Å². The van der Waals surface area contributed by atoms with Crippen LogP contribution in [0.4, 0.5) is 4.39 Å². The minimum absolute atomic E-state index is 0.00579. The van der Waals surface area contributed by atoms with Crippen molar-refractivity contribution in [2.24, 2.45) is 0 Å². The van der Waals surface area contributed by atoms with Gasteiger partial charge in [-0.3, -0.25) is 0 Å². The molecule has 0 amide bonds. The highest BCUT2D eigenvalue weighted by atomic mass is 19.1. The number of hydrogen-bond donors (Lipinski definition) is 1. The lowest BCUT2D eigenvalue weighted by molar-refractivity contribution is 0.0195. The maximum absolute atomic E-state index is 12.1. The summed E-state index contributed by atoms with van der Waals surface area (Å²) in [5, 5.41) is 8.19. The van der Waals surface area contributed by atoms with Gasteiger partial charge in [0.15, 0.2) is 0 Å². The summed E-state index contributed by atoms with van der Waals surface area (Å²) in [5.74, 6) is 0. The van der Waals surface area contributed by atoms with Crippen molar-refractivity contribution in [1.29, 1.82) is 0 Å². The summed E-state index contributed by atoms with van der Waals surface area (Å²) in [6.07, 6.45) is -1.19. The van der Waals surface area contributed by atoms with Gasteiger partial charge in [0, 0.05) is 0 Å². The minimum Gasteiger partial charge on any atom is -0.393 e. The predicted molar refractivity (Wildman–Crippen MR) is 33.1 cm³/mol. The van der Waals surface area contributed by atoms with Gasteiger partial charge in [0.25, 0.3) is 0 Å². The fourth-order valence-electron chi connectivity index (χ4n) is 0.350. The Hall–Kier alpha value is -0.150. The fourth-order valence-corrected chi connectivity index (χ4v) is 0.350. The van der Waals surface area contributed by atoms with Crippen molar-refractivity contribution in [2.75, 3.05) is 13.2 Å². The van der Waals surface area contributed by atoms with Gasteiger partial charge in [-0.05, 0) is 13.8 Å². The Morgan fingerprint density at radius 1 is 1.56 bits per heavy atom. The molecule has 0 saturated heterocycles. The van der Waals surface area contributed by atoms with Crippen LogP contribution in [0.5, 0.6) is 0 Å². The number of ether oxygens (including phenoxy) is 1. The van der Waals surface area contributed by atoms with Gasteiger partial charge in [0.2, 0.25) is 0 Å². The van der Waals surface area contributed by atoms with Crippen LogP contribution in [0.1, 0.15) is 13.8 Å². The number of aliphatic hydroxyl groups is 1. The van der Waals surface area contributed by atoms with Gasteiger partial charge in [0.1, 0.15) is 6.17 Å². The second kappa shape index (κ2) is 4.70. The molecule has 0 aromatic carbocycles. The number of halogens is 1. The van der Waals surface area contributed by atoms with E-state index in [1.807, 2.05) is 13.8 Å². The van der Waals surface area contributed by atoms with Crippen LogP contribution < -0.4 is 0 Å². The average molecular weight is 136 g/mol. The van der Waals surface area contributed by atoms with Gasteiger partial charge in [-0.25, -0.2) is 4.39 Å². The molecule has 0 saturated carbocycles. The molecule has 0 rings (SSSR count). The summed E-state index contributed by atoms with van der Waals surface area (Å²) in [7, 11) is 0. The van der Waals surface area contributed by atoms with Gasteiger partial charge in [-0.2, -0.15) is 0 Å². The predicted octanol–water partition coefficient (Wildman–Crippen LogP) is 0.742. The summed E-state index contributed by atoms with van der Waals surface area (Å²) in [5.41, 5.74) is 0. The van der Waals surface area contributed by atoms with E-state index in [4.69, 9.17) is 9.84 Å². The van der Waals surface area contributed by atoms with Crippen LogP contribution in [0.15, 0.2) is 0 Å². The first-order valence-corrected chi connectivity index (χ1v) is 3.03. The van der Waals surface area contributed by atoms with Crippen molar-refractivity contribution in [2.45, 2.75) is 26.1 Å². The Morgan fingerprint density at radius 2 is 2.11 bits per heavy atom. The van der Waals surface area contributed by atoms with Gasteiger partial charge < -0.3 is 9.84 Å². The molecule has 0 aliphatic rings. The molecule has 0 aliphatic carbocycles. The molecule has 0 aromatic rings. The van der Waals surface area contributed by atoms with Crippen LogP contribution in [0, 0.1) is 0 Å². The molecule has 0 aromatic heterocycles. The molecule has 1 unspecified atom stereocenters. The van der Waals surface area contributed by atoms with Crippen LogP contribution in [-0.4, -0.2) is 30.6 Å². The lowest BCUT2D eigenvalue weighted by Crippen LogP contribution is -2.17. The van der Waals surface area contributed by atoms with Crippen molar-refractivity contribution in [3.05, 3.63) is 0 Å². The first kappa shape index (κ1) is 8.85. The van der Waals surface area contributed by atoms with E-state index >= 15 is 0 Å². The van der Waals surface area contributed by atoms with Gasteiger partial charge >= 0.3 is 0 Å². The second-order valence-electron chi connectivity index (χ2n) is 2.16. The highest BCUT2D eigenvalue weighted by Gasteiger charge is 2.04. The standard InChI is InChI=1S/C6H13FO2/c1-5(2)9-4-6(7)3-8/h5-6,8H,3-4H2,1-2H3. The largest absolute Gasteiger partial charge is 0.393 e. The second-order valence-corrected chi connectivity index (χ2v) is 2.16. The molecule has 56 valence electrons. The van der Waals surface area contributed by atoms with E-state index < -0.39 is 12.8 Å². The molecule has 0 bridgehead atoms. The van der Waals surface area contributed by atoms with Crippen molar-refractivity contribution < 1.29 is 14.2 Å². The van der Waals surface area contributed by atoms with Crippen LogP contribution in [-0.2, 0) is 4.74 Å². The Morgan fingerprint density at radius 3 is 2.44 bits per heavy atom. The molecular weight excluding hydrogens is 123 g/mol. The van der Waals surface area contributed by atoms with Crippen LogP contribution >= 0.6 is 0 Å². The molecule has 0 radical (unpaired) electrons. The van der Waals surface area contributed by atoms with Gasteiger partial charge in [-0.15, -0.1) is 0 Å². The summed E-state index contributed by atoms with van der Waals surface area (Å²) in [6.45, 7) is 3.19. The van der Waals surface area contributed by atoms with E-state index in [9.17, 15) is 4.39 Å². The third-order valence-corrected chi connectivity index (χ3v) is 0.809. The van der Waals surface area contributed by atoms with E-state index in [1.54, 1.807) is 0 Å². The van der Waals surface area contributed by atoms with E-state index in [2.05, 4.69) is 0 Å². The van der Waals surface area contributed by atoms with E-state index in [0.717, 1.165) is 0 Å². The first-order chi connectivity index (χ1) is 4.16. The molecule has 2 nitrogen and oxygen atoms in total. The lowest BCUT2D eigenvalue weighted by atomic mass is 10.4. The fraction of sp³-hybridized carbons (Fsp3) is 1.00. The summed E-state index contributed by atoms with van der Waals surface area (Å²) in [4.78, 5) is 0. The maximum Gasteiger partial charge on any atom is 0.146 e. The third-order valence-electron chi connectivity index (χ3n) is 0.809. The molecule has 1 atom stereocenters. The zero-order valence-electron chi connectivity index (χ0n) is 5.80. The minimum atomic E-state index is -1.23. The molecule has 0 fully saturated rings. The highest BCUT2D eigenvalue weighted by Crippen LogP contribution is 1.93. The zero-order chi connectivity index (χ0) is 7.28. The SMILES string of the molecule is CC(C)OCC(F)CO. The molecule has 1 N–H and O–H groups in total. The van der Waals surface area contributed by atoms with Crippen LogP contribution in [0.25, 0.3) is 0 Å². The average Bonchev–Trinajstić information content (AvgIpc) is 1.83. The van der Waals surface area contributed by atoms with Gasteiger partial charge in [0.05, 0.1) is 19.3 Å². The van der Waals surface area contributed by atoms with Crippen molar-refractivity contribution in [3.8, 4) is 0 Å². The number of hydrogen-bond acceptors (Lipinski definition) is 2. The van der Waals surface area contributed by atoms with Gasteiger partial charge in [-0.1, -0.05) is 0 Å². The molecular formula is C6H13FO2. The Labute approximate surface area is 54.6 Å². The molecule has 0 heterocycles. The summed E-state index contributed by atoms with van der Waals surface area (Å²) in [6, 6.07) is 0. The molecule has 0 aliphatic heterocycles. The number of alkyl halides is 1. The van der Waals surface area contributed by atoms with E-state index in [1.165, 1.54) is 0 Å². The first-order valence-electron chi connectivity index (χ1n) is 3.03. The summed E-state index contributed by atoms with van der Waals surface area (Å²) < 4.78 is 17.0. The monoisotopic (exact) mass is 136 g/mol. The number of rotatable bonds is 4. The van der Waals surface area contributed by atoms with Crippen molar-refractivity contribution in [3.63, 3.8) is 0 Å². The summed E-state index contributed by atoms with van der Waals surface area (Å²) >= 11 is 0. The Balaban J connectivity index is 3.06. The third kappa shape index (κ3) is 5.73. The zero-order valence-corrected chi connectivity index (χ0v) is 5.80. The highest BCUT2D eigenvalue weighted by molar-refractivity contribution is 4.50. The quantitative estimate of drug-likeness (QED) is 0.617. The molecule has 3 heteroatoms. The van der Waals surface area contributed by atoms with Crippen molar-refractivity contribution in [1.82, 2.24) is 0 Å². The van der Waals surface area contributed by atoms with E-state index in [0.29, 0.717) is 0 Å². The Bertz CT molecular complexity index is 66.1. The molecule has 0 spiro atoms.